The molecule has 5 rings (SSSR count). The summed E-state index contributed by atoms with van der Waals surface area (Å²) in [6.07, 6.45) is 8.69. The Kier molecular flexibility index (Phi) is 5.98. The van der Waals surface area contributed by atoms with Crippen molar-refractivity contribution in [3.8, 4) is 11.3 Å². The highest BCUT2D eigenvalue weighted by Gasteiger charge is 2.27. The maximum Gasteiger partial charge on any atom is 0.225 e. The van der Waals surface area contributed by atoms with Crippen LogP contribution in [0.2, 0.25) is 0 Å². The van der Waals surface area contributed by atoms with Gasteiger partial charge < -0.3 is 9.80 Å². The lowest BCUT2D eigenvalue weighted by atomic mass is 9.90. The molecule has 2 aromatic heterocycles. The number of H-pyrrole nitrogens is 1. The fourth-order valence-corrected chi connectivity index (χ4v) is 5.11. The van der Waals surface area contributed by atoms with Gasteiger partial charge in [0.1, 0.15) is 0 Å². The second kappa shape index (κ2) is 9.18. The Morgan fingerprint density at radius 1 is 1.06 bits per heavy atom. The zero-order valence-corrected chi connectivity index (χ0v) is 18.4. The van der Waals surface area contributed by atoms with Crippen LogP contribution in [0.1, 0.15) is 55.7 Å². The van der Waals surface area contributed by atoms with Gasteiger partial charge in [0, 0.05) is 49.6 Å². The summed E-state index contributed by atoms with van der Waals surface area (Å²) < 4.78 is 0. The highest BCUT2D eigenvalue weighted by atomic mass is 15.3. The summed E-state index contributed by atoms with van der Waals surface area (Å²) in [6.45, 7) is 7.77. The van der Waals surface area contributed by atoms with E-state index in [0.29, 0.717) is 11.8 Å². The molecule has 0 unspecified atom stereocenters. The fraction of sp³-hybridized carbons (Fsp3) is 0.480. The average molecular weight is 417 g/mol. The number of rotatable bonds is 6. The van der Waals surface area contributed by atoms with Crippen molar-refractivity contribution in [3.05, 3.63) is 60.0 Å². The Balaban J connectivity index is 1.31. The fourth-order valence-electron chi connectivity index (χ4n) is 5.11. The number of hydrogen-bond acceptors (Lipinski definition) is 5. The third kappa shape index (κ3) is 4.49. The minimum absolute atomic E-state index is 0.458. The highest BCUT2D eigenvalue weighted by molar-refractivity contribution is 5.63. The van der Waals surface area contributed by atoms with Crippen LogP contribution in [0.5, 0.6) is 0 Å². The van der Waals surface area contributed by atoms with Crippen molar-refractivity contribution >= 4 is 5.95 Å². The first-order valence-corrected chi connectivity index (χ1v) is 11.7. The van der Waals surface area contributed by atoms with Gasteiger partial charge in [0.05, 0.1) is 11.9 Å². The van der Waals surface area contributed by atoms with Crippen LogP contribution < -0.4 is 4.90 Å². The van der Waals surface area contributed by atoms with Gasteiger partial charge >= 0.3 is 0 Å². The van der Waals surface area contributed by atoms with Crippen LogP contribution in [0.15, 0.2) is 48.8 Å². The Morgan fingerprint density at radius 2 is 1.90 bits per heavy atom. The maximum atomic E-state index is 4.90. The summed E-state index contributed by atoms with van der Waals surface area (Å²) in [6, 6.07) is 12.9. The zero-order chi connectivity index (χ0) is 21.0. The van der Waals surface area contributed by atoms with E-state index in [1.165, 1.54) is 43.5 Å². The smallest absolute Gasteiger partial charge is 0.225 e. The predicted molar refractivity (Wildman–Crippen MR) is 124 cm³/mol. The van der Waals surface area contributed by atoms with Crippen LogP contribution in [0.4, 0.5) is 5.95 Å². The Hall–Kier alpha value is -2.73. The van der Waals surface area contributed by atoms with Gasteiger partial charge in [-0.25, -0.2) is 9.97 Å². The molecule has 2 fully saturated rings. The number of nitrogens with one attached hydrogen (secondary N) is 1. The molecule has 162 valence electrons. The molecule has 0 saturated carbocycles. The summed E-state index contributed by atoms with van der Waals surface area (Å²) >= 11 is 0. The van der Waals surface area contributed by atoms with Crippen molar-refractivity contribution in [3.63, 3.8) is 0 Å². The molecule has 2 saturated heterocycles. The van der Waals surface area contributed by atoms with Crippen molar-refractivity contribution in [1.82, 2.24) is 25.1 Å². The minimum Gasteiger partial charge on any atom is -0.341 e. The van der Waals surface area contributed by atoms with Gasteiger partial charge in [-0.05, 0) is 49.8 Å². The van der Waals surface area contributed by atoms with Crippen LogP contribution in [-0.4, -0.2) is 57.8 Å². The predicted octanol–water partition coefficient (Wildman–Crippen LogP) is 4.45. The number of nitrogens with zero attached hydrogens (tertiary/aromatic N) is 5. The molecule has 1 N–H and O–H groups in total. The molecular weight excluding hydrogens is 384 g/mol. The van der Waals surface area contributed by atoms with Crippen molar-refractivity contribution in [2.45, 2.75) is 44.4 Å². The molecule has 1 aromatic carbocycles. The summed E-state index contributed by atoms with van der Waals surface area (Å²) in [4.78, 5) is 14.3. The monoisotopic (exact) mass is 416 g/mol. The van der Waals surface area contributed by atoms with Gasteiger partial charge in [0.2, 0.25) is 5.95 Å². The Bertz CT molecular complexity index is 978. The summed E-state index contributed by atoms with van der Waals surface area (Å²) in [5, 5.41) is 7.73. The van der Waals surface area contributed by atoms with E-state index in [1.54, 1.807) is 0 Å². The van der Waals surface area contributed by atoms with Crippen LogP contribution >= 0.6 is 0 Å². The third-order valence-corrected chi connectivity index (χ3v) is 6.79. The SMILES string of the molecule is C[C@@H](CN1CCC[C@H](c2[nH]ncc2-c2ccnc(N3CCCC3)n2)C1)c1ccccc1. The molecule has 0 aliphatic carbocycles. The molecule has 2 aliphatic heterocycles. The van der Waals surface area contributed by atoms with E-state index in [9.17, 15) is 0 Å². The standard InChI is InChI=1S/C25H32N6/c1-19(20-8-3-2-4-9-20)17-30-13-7-10-21(18-30)24-22(16-27-29-24)23-11-12-26-25(28-23)31-14-5-6-15-31/h2-4,8-9,11-12,16,19,21H,5-7,10,13-15,17-18H2,1H3,(H,27,29)/t19-,21-/m0/s1. The molecule has 6 heteroatoms. The van der Waals surface area contributed by atoms with Crippen molar-refractivity contribution in [1.29, 1.82) is 0 Å². The molecule has 4 heterocycles. The lowest BCUT2D eigenvalue weighted by Crippen LogP contribution is -2.37. The highest BCUT2D eigenvalue weighted by Crippen LogP contribution is 2.33. The number of hydrogen-bond donors (Lipinski definition) is 1. The average Bonchev–Trinajstić information content (AvgIpc) is 3.52. The first-order chi connectivity index (χ1) is 15.3. The molecule has 3 aromatic rings. The molecule has 2 aliphatic rings. The van der Waals surface area contributed by atoms with Gasteiger partial charge in [-0.15, -0.1) is 0 Å². The molecule has 0 amide bonds. The molecule has 0 spiro atoms. The number of piperidine rings is 1. The van der Waals surface area contributed by atoms with E-state index in [-0.39, 0.29) is 0 Å². The first kappa shape index (κ1) is 20.2. The first-order valence-electron chi connectivity index (χ1n) is 11.7. The molecule has 6 nitrogen and oxygen atoms in total. The van der Waals surface area contributed by atoms with Gasteiger partial charge in [0.25, 0.3) is 0 Å². The lowest BCUT2D eigenvalue weighted by molar-refractivity contribution is 0.197. The Labute approximate surface area is 184 Å². The van der Waals surface area contributed by atoms with Crippen LogP contribution in [-0.2, 0) is 0 Å². The molecule has 0 bridgehead atoms. The van der Waals surface area contributed by atoms with Gasteiger partial charge in [0.15, 0.2) is 0 Å². The zero-order valence-electron chi connectivity index (χ0n) is 18.4. The number of benzene rings is 1. The second-order valence-electron chi connectivity index (χ2n) is 9.04. The summed E-state index contributed by atoms with van der Waals surface area (Å²) in [5.74, 6) is 1.84. The van der Waals surface area contributed by atoms with Crippen LogP contribution in [0, 0.1) is 0 Å². The van der Waals surface area contributed by atoms with Crippen LogP contribution in [0.3, 0.4) is 0 Å². The van der Waals surface area contributed by atoms with Crippen molar-refractivity contribution in [2.24, 2.45) is 0 Å². The normalized spacial score (nSPS) is 20.8. The third-order valence-electron chi connectivity index (χ3n) is 6.79. The lowest BCUT2D eigenvalue weighted by Gasteiger charge is -2.34. The van der Waals surface area contributed by atoms with Gasteiger partial charge in [-0.2, -0.15) is 5.10 Å². The topological polar surface area (TPSA) is 60.9 Å². The van der Waals surface area contributed by atoms with E-state index >= 15 is 0 Å². The Morgan fingerprint density at radius 3 is 2.74 bits per heavy atom. The van der Waals surface area contributed by atoms with Gasteiger partial charge in [-0.3, -0.25) is 5.10 Å². The van der Waals surface area contributed by atoms with Crippen LogP contribution in [0.25, 0.3) is 11.3 Å². The largest absolute Gasteiger partial charge is 0.341 e. The molecular formula is C25H32N6. The van der Waals surface area contributed by atoms with Gasteiger partial charge in [-0.1, -0.05) is 37.3 Å². The maximum absolute atomic E-state index is 4.90. The molecule has 31 heavy (non-hydrogen) atoms. The number of anilines is 1. The van der Waals surface area contributed by atoms with Crippen molar-refractivity contribution in [2.75, 3.05) is 37.6 Å². The quantitative estimate of drug-likeness (QED) is 0.643. The minimum atomic E-state index is 0.458. The number of likely N-dealkylation sites (tertiary alicyclic amines) is 1. The van der Waals surface area contributed by atoms with Crippen molar-refractivity contribution < 1.29 is 0 Å². The summed E-state index contributed by atoms with van der Waals surface area (Å²) in [5.41, 5.74) is 4.76. The molecule has 2 atom stereocenters. The summed E-state index contributed by atoms with van der Waals surface area (Å²) in [7, 11) is 0. The van der Waals surface area contributed by atoms with E-state index in [2.05, 4.69) is 62.2 Å². The van der Waals surface area contributed by atoms with E-state index in [1.807, 2.05) is 18.5 Å². The van der Waals surface area contributed by atoms with E-state index in [0.717, 1.165) is 43.4 Å². The second-order valence-corrected chi connectivity index (χ2v) is 9.04. The van der Waals surface area contributed by atoms with E-state index in [4.69, 9.17) is 4.98 Å². The number of aromatic nitrogens is 4. The molecule has 0 radical (unpaired) electrons. The number of aromatic amines is 1. The van der Waals surface area contributed by atoms with E-state index < -0.39 is 0 Å².